The third-order valence-corrected chi connectivity index (χ3v) is 2.58. The second kappa shape index (κ2) is 6.16. The van der Waals surface area contributed by atoms with Crippen LogP contribution >= 0.6 is 0 Å². The van der Waals surface area contributed by atoms with Gasteiger partial charge in [0, 0.05) is 0 Å². The van der Waals surface area contributed by atoms with Gasteiger partial charge in [-0.1, -0.05) is 19.1 Å². The monoisotopic (exact) mass is 222 g/mol. The fraction of sp³-hybridized carbons (Fsp3) is 0.462. The molecular weight excluding hydrogens is 204 g/mol. The Bertz CT molecular complexity index is 330. The van der Waals surface area contributed by atoms with E-state index in [-0.39, 0.29) is 12.3 Å². The van der Waals surface area contributed by atoms with E-state index in [1.165, 1.54) is 0 Å². The third kappa shape index (κ3) is 3.57. The minimum atomic E-state index is -0.749. The van der Waals surface area contributed by atoms with Crippen molar-refractivity contribution in [2.45, 2.75) is 32.6 Å². The lowest BCUT2D eigenvalue weighted by Gasteiger charge is -2.13. The Morgan fingerprint density at radius 1 is 1.31 bits per heavy atom. The predicted octanol–water partition coefficient (Wildman–Crippen LogP) is 3.05. The number of carboxylic acid groups (broad SMARTS) is 1. The maximum atomic E-state index is 10.7. The minimum Gasteiger partial charge on any atom is -0.494 e. The molecule has 0 aliphatic rings. The summed E-state index contributed by atoms with van der Waals surface area (Å²) in [6.07, 6.45) is 1.02. The van der Waals surface area contributed by atoms with Gasteiger partial charge in [-0.05, 0) is 37.0 Å². The van der Waals surface area contributed by atoms with Crippen LogP contribution in [0.1, 0.15) is 38.2 Å². The first-order valence-electron chi connectivity index (χ1n) is 5.61. The van der Waals surface area contributed by atoms with Crippen molar-refractivity contribution in [3.63, 3.8) is 0 Å². The molecule has 0 spiro atoms. The molecule has 1 N–H and O–H groups in total. The second-order valence-corrected chi connectivity index (χ2v) is 3.71. The zero-order chi connectivity index (χ0) is 12.0. The first-order chi connectivity index (χ1) is 7.67. The van der Waals surface area contributed by atoms with Gasteiger partial charge in [0.15, 0.2) is 0 Å². The van der Waals surface area contributed by atoms with Crippen molar-refractivity contribution in [3.05, 3.63) is 29.8 Å². The van der Waals surface area contributed by atoms with Crippen LogP contribution in [0.15, 0.2) is 24.3 Å². The molecule has 1 rings (SSSR count). The Kier molecular flexibility index (Phi) is 4.83. The van der Waals surface area contributed by atoms with Crippen molar-refractivity contribution in [2.75, 3.05) is 6.61 Å². The van der Waals surface area contributed by atoms with Crippen LogP contribution in [0.2, 0.25) is 0 Å². The fourth-order valence-electron chi connectivity index (χ4n) is 1.71. The van der Waals surface area contributed by atoms with E-state index in [0.717, 1.165) is 17.7 Å². The van der Waals surface area contributed by atoms with E-state index in [9.17, 15) is 4.79 Å². The van der Waals surface area contributed by atoms with Crippen molar-refractivity contribution < 1.29 is 14.6 Å². The Hall–Kier alpha value is -1.51. The minimum absolute atomic E-state index is 0.0909. The summed E-state index contributed by atoms with van der Waals surface area (Å²) < 4.78 is 5.34. The van der Waals surface area contributed by atoms with Crippen LogP contribution in [-0.4, -0.2) is 17.7 Å². The van der Waals surface area contributed by atoms with Gasteiger partial charge in [0.25, 0.3) is 0 Å². The summed E-state index contributed by atoms with van der Waals surface area (Å²) in [4.78, 5) is 10.7. The predicted molar refractivity (Wildman–Crippen MR) is 62.9 cm³/mol. The van der Waals surface area contributed by atoms with Crippen LogP contribution in [0, 0.1) is 0 Å². The molecule has 0 saturated heterocycles. The lowest BCUT2D eigenvalue weighted by molar-refractivity contribution is -0.137. The van der Waals surface area contributed by atoms with Crippen molar-refractivity contribution in [1.29, 1.82) is 0 Å². The van der Waals surface area contributed by atoms with Crippen LogP contribution < -0.4 is 4.74 Å². The molecule has 0 bridgehead atoms. The molecule has 16 heavy (non-hydrogen) atoms. The molecule has 0 aliphatic carbocycles. The van der Waals surface area contributed by atoms with Gasteiger partial charge in [0.2, 0.25) is 0 Å². The lowest BCUT2D eigenvalue weighted by atomic mass is 9.93. The van der Waals surface area contributed by atoms with Gasteiger partial charge in [0.05, 0.1) is 13.0 Å². The van der Waals surface area contributed by atoms with Gasteiger partial charge in [-0.15, -0.1) is 0 Å². The van der Waals surface area contributed by atoms with Crippen molar-refractivity contribution >= 4 is 5.97 Å². The molecule has 3 nitrogen and oxygen atoms in total. The average molecular weight is 222 g/mol. The standard InChI is InChI=1S/C13H18O3/c1-3-10(9-13(14)15)11-5-7-12(8-6-11)16-4-2/h5-8,10H,3-4,9H2,1-2H3,(H,14,15). The first kappa shape index (κ1) is 12.6. The Morgan fingerprint density at radius 2 is 1.94 bits per heavy atom. The van der Waals surface area contributed by atoms with Crippen LogP contribution in [-0.2, 0) is 4.79 Å². The molecule has 1 atom stereocenters. The number of rotatable bonds is 6. The smallest absolute Gasteiger partial charge is 0.303 e. The fourth-order valence-corrected chi connectivity index (χ4v) is 1.71. The van der Waals surface area contributed by atoms with Gasteiger partial charge < -0.3 is 9.84 Å². The van der Waals surface area contributed by atoms with Crippen LogP contribution in [0.3, 0.4) is 0 Å². The molecule has 1 aromatic carbocycles. The van der Waals surface area contributed by atoms with E-state index in [0.29, 0.717) is 6.61 Å². The number of hydrogen-bond donors (Lipinski definition) is 1. The summed E-state index contributed by atoms with van der Waals surface area (Å²) in [5.41, 5.74) is 1.06. The summed E-state index contributed by atoms with van der Waals surface area (Å²) in [5, 5.41) is 8.79. The van der Waals surface area contributed by atoms with E-state index in [4.69, 9.17) is 9.84 Å². The summed E-state index contributed by atoms with van der Waals surface area (Å²) >= 11 is 0. The molecule has 1 unspecified atom stereocenters. The quantitative estimate of drug-likeness (QED) is 0.804. The SMILES string of the molecule is CCOc1ccc(C(CC)CC(=O)O)cc1. The molecule has 88 valence electrons. The van der Waals surface area contributed by atoms with Crippen LogP contribution in [0.5, 0.6) is 5.75 Å². The van der Waals surface area contributed by atoms with E-state index in [2.05, 4.69) is 0 Å². The van der Waals surface area contributed by atoms with E-state index >= 15 is 0 Å². The van der Waals surface area contributed by atoms with E-state index in [1.807, 2.05) is 38.1 Å². The maximum Gasteiger partial charge on any atom is 0.303 e. The molecule has 0 fully saturated rings. The molecule has 0 aromatic heterocycles. The maximum absolute atomic E-state index is 10.7. The van der Waals surface area contributed by atoms with Gasteiger partial charge in [0.1, 0.15) is 5.75 Å². The molecule has 0 radical (unpaired) electrons. The number of hydrogen-bond acceptors (Lipinski definition) is 2. The molecule has 0 aliphatic heterocycles. The number of aliphatic carboxylic acids is 1. The highest BCUT2D eigenvalue weighted by molar-refractivity contribution is 5.68. The van der Waals surface area contributed by atoms with Gasteiger partial charge in [-0.25, -0.2) is 0 Å². The zero-order valence-corrected chi connectivity index (χ0v) is 9.77. The molecule has 3 heteroatoms. The Labute approximate surface area is 96.1 Å². The zero-order valence-electron chi connectivity index (χ0n) is 9.77. The summed E-state index contributed by atoms with van der Waals surface area (Å²) in [6.45, 7) is 4.59. The van der Waals surface area contributed by atoms with Gasteiger partial charge >= 0.3 is 5.97 Å². The second-order valence-electron chi connectivity index (χ2n) is 3.71. The van der Waals surface area contributed by atoms with Crippen molar-refractivity contribution in [1.82, 2.24) is 0 Å². The lowest BCUT2D eigenvalue weighted by Crippen LogP contribution is -2.05. The topological polar surface area (TPSA) is 46.5 Å². The van der Waals surface area contributed by atoms with Crippen LogP contribution in [0.25, 0.3) is 0 Å². The highest BCUT2D eigenvalue weighted by atomic mass is 16.5. The average Bonchev–Trinajstić information content (AvgIpc) is 2.27. The van der Waals surface area contributed by atoms with Crippen molar-refractivity contribution in [3.8, 4) is 5.75 Å². The highest BCUT2D eigenvalue weighted by Crippen LogP contribution is 2.25. The van der Waals surface area contributed by atoms with E-state index < -0.39 is 5.97 Å². The van der Waals surface area contributed by atoms with Crippen LogP contribution in [0.4, 0.5) is 0 Å². The first-order valence-corrected chi connectivity index (χ1v) is 5.61. The highest BCUT2D eigenvalue weighted by Gasteiger charge is 2.13. The van der Waals surface area contributed by atoms with E-state index in [1.54, 1.807) is 0 Å². The van der Waals surface area contributed by atoms with Gasteiger partial charge in [-0.2, -0.15) is 0 Å². The molecule has 0 amide bonds. The number of carboxylic acids is 1. The number of benzene rings is 1. The molecule has 0 heterocycles. The number of carbonyl (C=O) groups is 1. The molecule has 1 aromatic rings. The normalized spacial score (nSPS) is 12.1. The summed E-state index contributed by atoms with van der Waals surface area (Å²) in [7, 11) is 0. The summed E-state index contributed by atoms with van der Waals surface area (Å²) in [6, 6.07) is 7.68. The Balaban J connectivity index is 2.73. The molecular formula is C13H18O3. The molecule has 0 saturated carbocycles. The largest absolute Gasteiger partial charge is 0.494 e. The third-order valence-electron chi connectivity index (χ3n) is 2.58. The van der Waals surface area contributed by atoms with Gasteiger partial charge in [-0.3, -0.25) is 4.79 Å². The van der Waals surface area contributed by atoms with Crippen molar-refractivity contribution in [2.24, 2.45) is 0 Å². The number of ether oxygens (including phenoxy) is 1. The summed E-state index contributed by atoms with van der Waals surface area (Å²) in [5.74, 6) is 0.172. The Morgan fingerprint density at radius 3 is 2.38 bits per heavy atom.